The summed E-state index contributed by atoms with van der Waals surface area (Å²) in [5, 5.41) is 6.85. The maximum atomic E-state index is 5.73. The Kier molecular flexibility index (Phi) is 5.44. The smallest absolute Gasteiger partial charge is 0.229 e. The molecule has 7 nitrogen and oxygen atoms in total. The van der Waals surface area contributed by atoms with Gasteiger partial charge in [0.25, 0.3) is 0 Å². The number of nitrogens with one attached hydrogen (secondary N) is 2. The van der Waals surface area contributed by atoms with Crippen LogP contribution in [-0.2, 0) is 0 Å². The van der Waals surface area contributed by atoms with Crippen LogP contribution >= 0.6 is 0 Å². The van der Waals surface area contributed by atoms with Crippen molar-refractivity contribution in [2.24, 2.45) is 0 Å². The molecule has 0 radical (unpaired) electrons. The van der Waals surface area contributed by atoms with E-state index < -0.39 is 0 Å². The molecule has 2 aromatic rings. The quantitative estimate of drug-likeness (QED) is 0.722. The lowest BCUT2D eigenvalue weighted by Gasteiger charge is -2.53. The van der Waals surface area contributed by atoms with Crippen LogP contribution in [0.2, 0.25) is 0 Å². The van der Waals surface area contributed by atoms with Gasteiger partial charge in [-0.05, 0) is 59.7 Å². The van der Waals surface area contributed by atoms with Crippen molar-refractivity contribution in [1.29, 1.82) is 0 Å². The Balaban J connectivity index is 1.55. The lowest BCUT2D eigenvalue weighted by molar-refractivity contribution is -0.00772. The molecule has 7 heteroatoms. The van der Waals surface area contributed by atoms with E-state index >= 15 is 0 Å². The van der Waals surface area contributed by atoms with Gasteiger partial charge >= 0.3 is 0 Å². The molecule has 2 aliphatic rings. The van der Waals surface area contributed by atoms with Crippen molar-refractivity contribution in [3.63, 3.8) is 0 Å². The van der Waals surface area contributed by atoms with Gasteiger partial charge in [0.2, 0.25) is 5.95 Å². The van der Waals surface area contributed by atoms with E-state index in [0.717, 1.165) is 24.3 Å². The van der Waals surface area contributed by atoms with Gasteiger partial charge in [-0.3, -0.25) is 4.90 Å². The Morgan fingerprint density at radius 2 is 1.77 bits per heavy atom. The highest BCUT2D eigenvalue weighted by molar-refractivity contribution is 5.62. The zero-order valence-electron chi connectivity index (χ0n) is 19.0. The molecule has 1 saturated heterocycles. The minimum Gasteiger partial charge on any atom is -0.486 e. The molecule has 31 heavy (non-hydrogen) atoms. The molecule has 0 spiro atoms. The van der Waals surface area contributed by atoms with Crippen LogP contribution < -0.4 is 20.1 Å². The summed E-state index contributed by atoms with van der Waals surface area (Å²) in [6.45, 7) is 10.2. The number of aromatic nitrogens is 2. The highest BCUT2D eigenvalue weighted by atomic mass is 16.6. The Morgan fingerprint density at radius 1 is 1.10 bits per heavy atom. The maximum Gasteiger partial charge on any atom is 0.229 e. The van der Waals surface area contributed by atoms with Crippen molar-refractivity contribution in [2.45, 2.75) is 57.7 Å². The number of fused-ring (bicyclic) bond motifs is 1. The van der Waals surface area contributed by atoms with E-state index in [1.807, 2.05) is 18.2 Å². The molecule has 0 bridgehead atoms. The summed E-state index contributed by atoms with van der Waals surface area (Å²) in [5.74, 6) is 5.32. The fourth-order valence-corrected chi connectivity index (χ4v) is 4.57. The molecule has 0 aliphatic carbocycles. The zero-order valence-corrected chi connectivity index (χ0v) is 19.0. The second-order valence-corrected chi connectivity index (χ2v) is 9.52. The standard InChI is InChI=1S/C24H31N5O2/c1-7-16-15-25-22(27-17-8-9-19-20(12-17)31-11-10-30-19)28-21(16)26-18-13-23(2,3)29(6)24(4,5)14-18/h1,8-9,12,15,18H,10-11,13-14H2,2-6H3,(H2,25,26,27,28). The molecule has 4 rings (SSSR count). The first-order valence-corrected chi connectivity index (χ1v) is 10.7. The Hall–Kier alpha value is -2.98. The summed E-state index contributed by atoms with van der Waals surface area (Å²) < 4.78 is 11.2. The molecule has 2 aliphatic heterocycles. The first-order chi connectivity index (χ1) is 14.7. The SMILES string of the molecule is C#Cc1cnc(Nc2ccc3c(c2)OCCO3)nc1NC1CC(C)(C)N(C)C(C)(C)C1. The van der Waals surface area contributed by atoms with E-state index in [0.29, 0.717) is 36.3 Å². The summed E-state index contributed by atoms with van der Waals surface area (Å²) in [4.78, 5) is 11.5. The van der Waals surface area contributed by atoms with Crippen LogP contribution in [0.15, 0.2) is 24.4 Å². The van der Waals surface area contributed by atoms with E-state index in [2.05, 4.69) is 61.2 Å². The number of hydrogen-bond acceptors (Lipinski definition) is 7. The lowest BCUT2D eigenvalue weighted by Crippen LogP contribution is -2.61. The van der Waals surface area contributed by atoms with Crippen molar-refractivity contribution < 1.29 is 9.47 Å². The van der Waals surface area contributed by atoms with Crippen molar-refractivity contribution in [2.75, 3.05) is 30.9 Å². The predicted molar refractivity (Wildman–Crippen MR) is 123 cm³/mol. The molecule has 1 aromatic heterocycles. The van der Waals surface area contributed by atoms with Crippen molar-refractivity contribution >= 4 is 17.5 Å². The Labute approximate surface area is 184 Å². The number of nitrogens with zero attached hydrogens (tertiary/aromatic N) is 3. The third-order valence-corrected chi connectivity index (χ3v) is 6.39. The minimum absolute atomic E-state index is 0.0645. The summed E-state index contributed by atoms with van der Waals surface area (Å²) in [7, 11) is 2.20. The highest BCUT2D eigenvalue weighted by Crippen LogP contribution is 2.38. The van der Waals surface area contributed by atoms with Crippen LogP contribution in [0.25, 0.3) is 0 Å². The van der Waals surface area contributed by atoms with Gasteiger partial charge in [0.05, 0.1) is 11.8 Å². The monoisotopic (exact) mass is 421 g/mol. The topological polar surface area (TPSA) is 71.5 Å². The van der Waals surface area contributed by atoms with Crippen LogP contribution in [0, 0.1) is 12.3 Å². The molecular formula is C24H31N5O2. The fourth-order valence-electron chi connectivity index (χ4n) is 4.57. The number of anilines is 3. The highest BCUT2D eigenvalue weighted by Gasteiger charge is 2.43. The van der Waals surface area contributed by atoms with Crippen LogP contribution in [0.3, 0.4) is 0 Å². The van der Waals surface area contributed by atoms with Crippen molar-refractivity contribution in [3.05, 3.63) is 30.0 Å². The summed E-state index contributed by atoms with van der Waals surface area (Å²) in [6, 6.07) is 5.95. The fraction of sp³-hybridized carbons (Fsp3) is 0.500. The predicted octanol–water partition coefficient (Wildman–Crippen LogP) is 4.04. The molecule has 164 valence electrons. The first-order valence-electron chi connectivity index (χ1n) is 10.7. The number of ether oxygens (including phenoxy) is 2. The second-order valence-electron chi connectivity index (χ2n) is 9.52. The normalized spacial score (nSPS) is 20.0. The Morgan fingerprint density at radius 3 is 2.45 bits per heavy atom. The van der Waals surface area contributed by atoms with Crippen LogP contribution in [0.4, 0.5) is 17.5 Å². The third-order valence-electron chi connectivity index (χ3n) is 6.39. The molecule has 1 fully saturated rings. The van der Waals surface area contributed by atoms with Gasteiger partial charge in [-0.1, -0.05) is 5.92 Å². The van der Waals surface area contributed by atoms with Gasteiger partial charge in [0, 0.05) is 28.9 Å². The molecule has 3 heterocycles. The third kappa shape index (κ3) is 4.40. The van der Waals surface area contributed by atoms with E-state index in [1.54, 1.807) is 6.20 Å². The largest absolute Gasteiger partial charge is 0.486 e. The lowest BCUT2D eigenvalue weighted by atomic mass is 9.77. The van der Waals surface area contributed by atoms with Crippen LogP contribution in [0.5, 0.6) is 11.5 Å². The molecule has 0 atom stereocenters. The van der Waals surface area contributed by atoms with Crippen molar-refractivity contribution in [3.8, 4) is 23.8 Å². The molecule has 0 amide bonds. The maximum absolute atomic E-state index is 5.73. The van der Waals surface area contributed by atoms with E-state index in [1.165, 1.54) is 0 Å². The number of benzene rings is 1. The second kappa shape index (κ2) is 7.93. The Bertz CT molecular complexity index is 994. The average Bonchev–Trinajstić information content (AvgIpc) is 2.72. The van der Waals surface area contributed by atoms with Crippen LogP contribution in [0.1, 0.15) is 46.1 Å². The minimum atomic E-state index is 0.0645. The van der Waals surface area contributed by atoms with Gasteiger partial charge in [0.15, 0.2) is 11.5 Å². The first kappa shape index (κ1) is 21.3. The van der Waals surface area contributed by atoms with Gasteiger partial charge in [-0.15, -0.1) is 6.42 Å². The van der Waals surface area contributed by atoms with Crippen LogP contribution in [-0.4, -0.2) is 52.2 Å². The summed E-state index contributed by atoms with van der Waals surface area (Å²) >= 11 is 0. The number of rotatable bonds is 4. The molecule has 1 aromatic carbocycles. The van der Waals surface area contributed by atoms with Crippen molar-refractivity contribution in [1.82, 2.24) is 14.9 Å². The van der Waals surface area contributed by atoms with Gasteiger partial charge in [-0.25, -0.2) is 4.98 Å². The number of hydrogen-bond donors (Lipinski definition) is 2. The van der Waals surface area contributed by atoms with E-state index in [4.69, 9.17) is 20.9 Å². The number of piperidine rings is 1. The van der Waals surface area contributed by atoms with Gasteiger partial charge in [-0.2, -0.15) is 4.98 Å². The zero-order chi connectivity index (χ0) is 22.2. The molecule has 0 saturated carbocycles. The summed E-state index contributed by atoms with van der Waals surface area (Å²) in [6.07, 6.45) is 9.40. The van der Waals surface area contributed by atoms with Gasteiger partial charge in [0.1, 0.15) is 19.0 Å². The molecular weight excluding hydrogens is 390 g/mol. The number of terminal acetylenes is 1. The average molecular weight is 422 g/mol. The van der Waals surface area contributed by atoms with Gasteiger partial charge < -0.3 is 20.1 Å². The van der Waals surface area contributed by atoms with E-state index in [9.17, 15) is 0 Å². The molecule has 2 N–H and O–H groups in total. The number of likely N-dealkylation sites (tertiary alicyclic amines) is 1. The van der Waals surface area contributed by atoms with E-state index in [-0.39, 0.29) is 17.1 Å². The summed E-state index contributed by atoms with van der Waals surface area (Å²) in [5.41, 5.74) is 1.61. The molecule has 0 unspecified atom stereocenters.